The Morgan fingerprint density at radius 3 is 1.87 bits per heavy atom. The van der Waals surface area contributed by atoms with Crippen molar-refractivity contribution in [1.82, 2.24) is 0 Å². The van der Waals surface area contributed by atoms with Gasteiger partial charge in [-0.2, -0.15) is 0 Å². The van der Waals surface area contributed by atoms with Crippen LogP contribution in [0.2, 0.25) is 4.20 Å². The minimum atomic E-state index is 0.444. The van der Waals surface area contributed by atoms with Gasteiger partial charge in [0.2, 0.25) is 0 Å². The maximum atomic E-state index is 2.87. The minimum absolute atomic E-state index is 0.444. The molecule has 0 fully saturated rings. The zero-order valence-corrected chi connectivity index (χ0v) is 11.2. The second-order valence-corrected chi connectivity index (χ2v) is 7.71. The molecule has 0 bridgehead atoms. The fourth-order valence-corrected chi connectivity index (χ4v) is 3.81. The van der Waals surface area contributed by atoms with E-state index in [9.17, 15) is 0 Å². The van der Waals surface area contributed by atoms with Crippen molar-refractivity contribution in [2.45, 2.75) is 49.7 Å². The summed E-state index contributed by atoms with van der Waals surface area (Å²) in [4.78, 5) is 0. The van der Waals surface area contributed by atoms with E-state index in [2.05, 4.69) is 35.9 Å². The van der Waals surface area contributed by atoms with Crippen LogP contribution in [0, 0.1) is 0 Å². The van der Waals surface area contributed by atoms with Gasteiger partial charge in [0, 0.05) is 0 Å². The first kappa shape index (κ1) is 9.97. The third kappa shape index (κ3) is 1.78. The Labute approximate surface area is 101 Å². The number of benzene rings is 1. The molecule has 2 aliphatic carbocycles. The van der Waals surface area contributed by atoms with Crippen LogP contribution >= 0.6 is 0 Å². The van der Waals surface area contributed by atoms with Gasteiger partial charge in [0.05, 0.1) is 0 Å². The van der Waals surface area contributed by atoms with Gasteiger partial charge in [-0.05, 0) is 0 Å². The maximum absolute atomic E-state index is 2.87. The Bertz CT molecular complexity index is 367. The summed E-state index contributed by atoms with van der Waals surface area (Å²) in [5.74, 6) is 0. The van der Waals surface area contributed by atoms with Crippen LogP contribution in [-0.4, -0.2) is 16.9 Å². The zero-order valence-electron chi connectivity index (χ0n) is 9.34. The van der Waals surface area contributed by atoms with E-state index in [4.69, 9.17) is 0 Å². The molecule has 0 heterocycles. The van der Waals surface area contributed by atoms with Crippen molar-refractivity contribution < 1.29 is 0 Å². The molecule has 0 nitrogen and oxygen atoms in total. The molecule has 78 valence electrons. The van der Waals surface area contributed by atoms with E-state index in [-0.39, 0.29) is 0 Å². The summed E-state index contributed by atoms with van der Waals surface area (Å²) in [6.45, 7) is 2.37. The van der Waals surface area contributed by atoms with Crippen LogP contribution in [0.4, 0.5) is 0 Å². The van der Waals surface area contributed by atoms with Crippen LogP contribution in [0.5, 0.6) is 0 Å². The average Bonchev–Trinajstić information content (AvgIpc) is 2.46. The van der Waals surface area contributed by atoms with Gasteiger partial charge in [0.1, 0.15) is 0 Å². The average molecular weight is 260 g/mol. The topological polar surface area (TPSA) is 0 Å². The number of hydrogen-bond acceptors (Lipinski definition) is 0. The van der Waals surface area contributed by atoms with Gasteiger partial charge < -0.3 is 0 Å². The van der Waals surface area contributed by atoms with Crippen LogP contribution < -0.4 is 0 Å². The second kappa shape index (κ2) is 3.39. The van der Waals surface area contributed by atoms with Crippen molar-refractivity contribution >= 4 is 16.9 Å². The van der Waals surface area contributed by atoms with Crippen molar-refractivity contribution in [3.63, 3.8) is 0 Å². The van der Waals surface area contributed by atoms with Crippen LogP contribution in [-0.2, 0) is 25.7 Å². The summed E-state index contributed by atoms with van der Waals surface area (Å²) < 4.78 is 0.444. The van der Waals surface area contributed by atoms with Crippen LogP contribution in [0.3, 0.4) is 0 Å². The van der Waals surface area contributed by atoms with E-state index in [0.717, 1.165) is 0 Å². The summed E-state index contributed by atoms with van der Waals surface area (Å²) in [5, 5.41) is 0. The molecule has 0 unspecified atom stereocenters. The van der Waals surface area contributed by atoms with E-state index < -0.39 is 0 Å². The Hall–Kier alpha value is -0.222. The Kier molecular flexibility index (Phi) is 2.25. The van der Waals surface area contributed by atoms with Crippen molar-refractivity contribution in [3.05, 3.63) is 34.4 Å². The van der Waals surface area contributed by atoms with Gasteiger partial charge in [0.25, 0.3) is 0 Å². The molecule has 0 aliphatic heterocycles. The third-order valence-electron chi connectivity index (χ3n) is 3.81. The molecule has 0 saturated heterocycles. The van der Waals surface area contributed by atoms with Crippen molar-refractivity contribution in [3.8, 4) is 0 Å². The Balaban J connectivity index is 2.05. The normalized spacial score (nSPS) is 22.3. The molecule has 1 aromatic rings. The molecule has 0 saturated carbocycles. The number of aryl methyl sites for hydroxylation is 2. The first-order valence-electron chi connectivity index (χ1n) is 6.00. The van der Waals surface area contributed by atoms with E-state index in [0.29, 0.717) is 4.20 Å². The van der Waals surface area contributed by atoms with Gasteiger partial charge in [-0.15, -0.1) is 0 Å². The molecule has 0 N–H and O–H groups in total. The summed E-state index contributed by atoms with van der Waals surface area (Å²) in [7, 11) is 0. The fourth-order valence-electron chi connectivity index (χ4n) is 3.10. The van der Waals surface area contributed by atoms with Gasteiger partial charge in [-0.3, -0.25) is 0 Å². The van der Waals surface area contributed by atoms with Gasteiger partial charge in [-0.25, -0.2) is 0 Å². The molecule has 2 aliphatic rings. The van der Waals surface area contributed by atoms with Gasteiger partial charge in [0.15, 0.2) is 0 Å². The molecule has 15 heavy (non-hydrogen) atoms. The summed E-state index contributed by atoms with van der Waals surface area (Å²) >= 11 is 2.87. The van der Waals surface area contributed by atoms with Crippen LogP contribution in [0.1, 0.15) is 42.0 Å². The molecular formula is C14H17As. The Morgan fingerprint density at radius 2 is 1.40 bits per heavy atom. The predicted octanol–water partition coefficient (Wildman–Crippen LogP) is 3.01. The molecule has 2 radical (unpaired) electrons. The summed E-state index contributed by atoms with van der Waals surface area (Å²) in [5.41, 5.74) is 6.54. The molecule has 0 spiro atoms. The monoisotopic (exact) mass is 260 g/mol. The molecular weight excluding hydrogens is 243 g/mol. The van der Waals surface area contributed by atoms with E-state index in [1.807, 2.05) is 0 Å². The standard InChI is InChI=1S/C14H17As/c1-14(15)8-12-6-10-4-2-3-5-11(10)7-13(12)9-14/h6-7H,2-5,8-9H2,1H3. The van der Waals surface area contributed by atoms with Crippen molar-refractivity contribution in [2.75, 3.05) is 0 Å². The number of fused-ring (bicyclic) bond motifs is 2. The first-order valence-corrected chi connectivity index (χ1v) is 6.94. The molecule has 3 rings (SSSR count). The Morgan fingerprint density at radius 1 is 0.933 bits per heavy atom. The van der Waals surface area contributed by atoms with Crippen molar-refractivity contribution in [2.24, 2.45) is 0 Å². The molecule has 0 atom stereocenters. The van der Waals surface area contributed by atoms with E-state index in [1.165, 1.54) is 38.5 Å². The van der Waals surface area contributed by atoms with Gasteiger partial charge >= 0.3 is 101 Å². The molecule has 1 heteroatoms. The van der Waals surface area contributed by atoms with Crippen LogP contribution in [0.15, 0.2) is 12.1 Å². The fraction of sp³-hybridized carbons (Fsp3) is 0.571. The third-order valence-corrected chi connectivity index (χ3v) is 4.47. The van der Waals surface area contributed by atoms with E-state index >= 15 is 0 Å². The van der Waals surface area contributed by atoms with Crippen molar-refractivity contribution in [1.29, 1.82) is 0 Å². The van der Waals surface area contributed by atoms with Gasteiger partial charge in [-0.1, -0.05) is 0 Å². The predicted molar refractivity (Wildman–Crippen MR) is 64.6 cm³/mol. The number of rotatable bonds is 0. The molecule has 0 amide bonds. The van der Waals surface area contributed by atoms with E-state index in [1.54, 1.807) is 22.3 Å². The molecule has 1 aromatic carbocycles. The first-order chi connectivity index (χ1) is 7.14. The molecule has 0 aromatic heterocycles. The number of hydrogen-bond donors (Lipinski definition) is 0. The summed E-state index contributed by atoms with van der Waals surface area (Å²) in [6, 6.07) is 5.00. The second-order valence-electron chi connectivity index (χ2n) is 5.45. The quantitative estimate of drug-likeness (QED) is 0.629. The van der Waals surface area contributed by atoms with Crippen LogP contribution in [0.25, 0.3) is 0 Å². The zero-order chi connectivity index (χ0) is 10.5. The SMILES string of the molecule is CC1([As])Cc2cc3c(cc2C1)CCCC3. The summed E-state index contributed by atoms with van der Waals surface area (Å²) in [6.07, 6.45) is 7.94.